The number of rotatable bonds is 7. The number of benzene rings is 1. The van der Waals surface area contributed by atoms with Crippen LogP contribution in [0.4, 0.5) is 0 Å². The van der Waals surface area contributed by atoms with Crippen molar-refractivity contribution in [3.8, 4) is 11.1 Å². The van der Waals surface area contributed by atoms with Gasteiger partial charge in [0.25, 0.3) is 0 Å². The minimum absolute atomic E-state index is 0.451. The van der Waals surface area contributed by atoms with Gasteiger partial charge in [0.2, 0.25) is 0 Å². The van der Waals surface area contributed by atoms with Gasteiger partial charge >= 0.3 is 0 Å². The maximum absolute atomic E-state index is 6.27. The largest absolute Gasteiger partial charge is 0.346 e. The molecule has 1 unspecified atom stereocenters. The van der Waals surface area contributed by atoms with E-state index in [1.165, 1.54) is 0 Å². The summed E-state index contributed by atoms with van der Waals surface area (Å²) in [6, 6.07) is 10.5. The van der Waals surface area contributed by atoms with Gasteiger partial charge in [0.05, 0.1) is 12.2 Å². The summed E-state index contributed by atoms with van der Waals surface area (Å²) in [5, 5.41) is 6.44. The molecular formula is C24H25ClN4. The van der Waals surface area contributed by atoms with Gasteiger partial charge in [-0.1, -0.05) is 62.2 Å². The highest BCUT2D eigenvalue weighted by atomic mass is 35.5. The zero-order chi connectivity index (χ0) is 20.2. The summed E-state index contributed by atoms with van der Waals surface area (Å²) in [4.78, 5) is 7.86. The van der Waals surface area contributed by atoms with Gasteiger partial charge < -0.3 is 4.98 Å². The van der Waals surface area contributed by atoms with Crippen molar-refractivity contribution in [1.82, 2.24) is 19.7 Å². The average molecular weight is 405 g/mol. The van der Waals surface area contributed by atoms with Crippen molar-refractivity contribution in [2.45, 2.75) is 39.2 Å². The van der Waals surface area contributed by atoms with Crippen molar-refractivity contribution < 1.29 is 0 Å². The molecule has 4 nitrogen and oxygen atoms in total. The van der Waals surface area contributed by atoms with E-state index in [0.717, 1.165) is 57.6 Å². The number of hydrogen-bond donors (Lipinski definition) is 1. The molecule has 29 heavy (non-hydrogen) atoms. The molecule has 4 aromatic rings. The van der Waals surface area contributed by atoms with E-state index in [4.69, 9.17) is 11.6 Å². The lowest BCUT2D eigenvalue weighted by molar-refractivity contribution is 0.409. The van der Waals surface area contributed by atoms with Crippen molar-refractivity contribution >= 4 is 34.8 Å². The van der Waals surface area contributed by atoms with Crippen LogP contribution in [-0.2, 0) is 0 Å². The lowest BCUT2D eigenvalue weighted by Crippen LogP contribution is -2.07. The number of aromatic nitrogens is 4. The van der Waals surface area contributed by atoms with Gasteiger partial charge in [0.1, 0.15) is 5.65 Å². The Labute approximate surface area is 176 Å². The van der Waals surface area contributed by atoms with E-state index in [-0.39, 0.29) is 0 Å². The lowest BCUT2D eigenvalue weighted by Gasteiger charge is -2.13. The van der Waals surface area contributed by atoms with E-state index in [2.05, 4.69) is 51.9 Å². The number of fused-ring (bicyclic) bond motifs is 1. The predicted octanol–water partition coefficient (Wildman–Crippen LogP) is 7.00. The molecule has 0 saturated heterocycles. The normalized spacial score (nSPS) is 12.8. The molecule has 0 spiro atoms. The van der Waals surface area contributed by atoms with Crippen LogP contribution in [0.15, 0.2) is 55.1 Å². The summed E-state index contributed by atoms with van der Waals surface area (Å²) in [6.45, 7) is 4.43. The lowest BCUT2D eigenvalue weighted by atomic mass is 10.1. The Morgan fingerprint density at radius 2 is 1.93 bits per heavy atom. The Balaban J connectivity index is 1.65. The highest BCUT2D eigenvalue weighted by Gasteiger charge is 2.12. The standard InChI is InChI=1S/C24H25ClN4/c1-3-7-21(4-2)29-16-20(15-28-29)19-12-22-18(13-26-24(22)27-14-19)11-10-17-8-5-6-9-23(17)25/h5-6,8-16,21H,3-4,7H2,1-2H3,(H,26,27). The number of nitrogens with one attached hydrogen (secondary N) is 1. The monoisotopic (exact) mass is 404 g/mol. The van der Waals surface area contributed by atoms with Crippen molar-refractivity contribution in [3.63, 3.8) is 0 Å². The van der Waals surface area contributed by atoms with Crippen LogP contribution in [0.2, 0.25) is 5.02 Å². The van der Waals surface area contributed by atoms with Crippen molar-refractivity contribution in [2.24, 2.45) is 0 Å². The first kappa shape index (κ1) is 19.5. The molecule has 1 atom stereocenters. The summed E-state index contributed by atoms with van der Waals surface area (Å²) in [6.07, 6.45) is 15.5. The second-order valence-electron chi connectivity index (χ2n) is 7.28. The summed E-state index contributed by atoms with van der Waals surface area (Å²) in [5.74, 6) is 0. The molecule has 5 heteroatoms. The molecule has 0 saturated carbocycles. The number of hydrogen-bond acceptors (Lipinski definition) is 2. The molecule has 3 aromatic heterocycles. The fourth-order valence-electron chi connectivity index (χ4n) is 3.65. The molecule has 148 valence electrons. The Bertz CT molecular complexity index is 1140. The summed E-state index contributed by atoms with van der Waals surface area (Å²) < 4.78 is 2.10. The average Bonchev–Trinajstić information content (AvgIpc) is 3.38. The molecule has 0 fully saturated rings. The van der Waals surface area contributed by atoms with E-state index in [0.29, 0.717) is 6.04 Å². The van der Waals surface area contributed by atoms with Crippen LogP contribution in [0.3, 0.4) is 0 Å². The third-order valence-electron chi connectivity index (χ3n) is 5.31. The van der Waals surface area contributed by atoms with Gasteiger partial charge in [0, 0.05) is 45.7 Å². The maximum Gasteiger partial charge on any atom is 0.137 e. The molecule has 0 radical (unpaired) electrons. The zero-order valence-electron chi connectivity index (χ0n) is 16.8. The summed E-state index contributed by atoms with van der Waals surface area (Å²) in [7, 11) is 0. The van der Waals surface area contributed by atoms with E-state index >= 15 is 0 Å². The number of aromatic amines is 1. The molecule has 0 aliphatic carbocycles. The van der Waals surface area contributed by atoms with E-state index in [1.807, 2.05) is 48.9 Å². The third-order valence-corrected chi connectivity index (χ3v) is 5.66. The molecule has 0 amide bonds. The van der Waals surface area contributed by atoms with E-state index in [1.54, 1.807) is 0 Å². The molecular weight excluding hydrogens is 380 g/mol. The first-order valence-electron chi connectivity index (χ1n) is 10.1. The van der Waals surface area contributed by atoms with Gasteiger partial charge in [-0.2, -0.15) is 5.10 Å². The topological polar surface area (TPSA) is 46.5 Å². The minimum Gasteiger partial charge on any atom is -0.346 e. The SMILES string of the molecule is CCCC(CC)n1cc(-c2cnc3[nH]cc(C=Cc4ccccc4Cl)c3c2)cn1. The number of H-pyrrole nitrogens is 1. The van der Waals surface area contributed by atoms with E-state index in [9.17, 15) is 0 Å². The van der Waals surface area contributed by atoms with Crippen LogP contribution >= 0.6 is 11.6 Å². The van der Waals surface area contributed by atoms with Crippen LogP contribution < -0.4 is 0 Å². The van der Waals surface area contributed by atoms with Crippen LogP contribution in [0, 0.1) is 0 Å². The van der Waals surface area contributed by atoms with Gasteiger partial charge in [0.15, 0.2) is 0 Å². The number of nitrogens with zero attached hydrogens (tertiary/aromatic N) is 3. The van der Waals surface area contributed by atoms with Gasteiger partial charge in [-0.3, -0.25) is 4.68 Å². The maximum atomic E-state index is 6.27. The van der Waals surface area contributed by atoms with Crippen molar-refractivity contribution in [2.75, 3.05) is 0 Å². The van der Waals surface area contributed by atoms with Gasteiger partial charge in [-0.15, -0.1) is 0 Å². The van der Waals surface area contributed by atoms with Crippen molar-refractivity contribution in [3.05, 3.63) is 71.3 Å². The third kappa shape index (κ3) is 4.13. The highest BCUT2D eigenvalue weighted by Crippen LogP contribution is 2.28. The molecule has 0 aliphatic rings. The molecule has 0 bridgehead atoms. The van der Waals surface area contributed by atoms with Crippen LogP contribution in [0.25, 0.3) is 34.3 Å². The zero-order valence-corrected chi connectivity index (χ0v) is 17.5. The first-order valence-corrected chi connectivity index (χ1v) is 10.5. The van der Waals surface area contributed by atoms with Crippen LogP contribution in [-0.4, -0.2) is 19.7 Å². The molecule has 1 aromatic carbocycles. The Morgan fingerprint density at radius 1 is 1.10 bits per heavy atom. The second kappa shape index (κ2) is 8.66. The van der Waals surface area contributed by atoms with Crippen LogP contribution in [0.1, 0.15) is 50.3 Å². The summed E-state index contributed by atoms with van der Waals surface area (Å²) in [5.41, 5.74) is 5.12. The summed E-state index contributed by atoms with van der Waals surface area (Å²) >= 11 is 6.27. The smallest absolute Gasteiger partial charge is 0.137 e. The Hall–Kier alpha value is -2.85. The molecule has 1 N–H and O–H groups in total. The van der Waals surface area contributed by atoms with Gasteiger partial charge in [-0.05, 0) is 30.5 Å². The molecule has 3 heterocycles. The fourth-order valence-corrected chi connectivity index (χ4v) is 3.85. The number of pyridine rings is 1. The quantitative estimate of drug-likeness (QED) is 0.360. The van der Waals surface area contributed by atoms with E-state index < -0.39 is 0 Å². The van der Waals surface area contributed by atoms with Crippen LogP contribution in [0.5, 0.6) is 0 Å². The second-order valence-corrected chi connectivity index (χ2v) is 7.69. The fraction of sp³-hybridized carbons (Fsp3) is 0.250. The number of halogens is 1. The Kier molecular flexibility index (Phi) is 5.81. The van der Waals surface area contributed by atoms with Gasteiger partial charge in [-0.25, -0.2) is 4.98 Å². The predicted molar refractivity (Wildman–Crippen MR) is 122 cm³/mol. The highest BCUT2D eigenvalue weighted by molar-refractivity contribution is 6.32. The first-order chi connectivity index (χ1) is 14.2. The minimum atomic E-state index is 0.451. The van der Waals surface area contributed by atoms with Crippen molar-refractivity contribution in [1.29, 1.82) is 0 Å². The molecule has 4 rings (SSSR count). The Morgan fingerprint density at radius 3 is 2.72 bits per heavy atom. The molecule has 0 aliphatic heterocycles.